The molecule has 0 saturated carbocycles. The molecule has 21 heavy (non-hydrogen) atoms. The first-order valence-corrected chi connectivity index (χ1v) is 6.60. The van der Waals surface area contributed by atoms with Gasteiger partial charge in [-0.25, -0.2) is 0 Å². The molecule has 0 aliphatic rings. The summed E-state index contributed by atoms with van der Waals surface area (Å²) in [6.45, 7) is 5.35. The van der Waals surface area contributed by atoms with Gasteiger partial charge < -0.3 is 15.6 Å². The van der Waals surface area contributed by atoms with Crippen molar-refractivity contribution in [2.75, 3.05) is 25.6 Å². The highest BCUT2D eigenvalue weighted by molar-refractivity contribution is 5.95. The van der Waals surface area contributed by atoms with Gasteiger partial charge in [-0.05, 0) is 33.0 Å². The first-order chi connectivity index (χ1) is 9.86. The van der Waals surface area contributed by atoms with Crippen LogP contribution in [0.4, 0.5) is 11.4 Å². The number of rotatable bonds is 7. The Hall–Kier alpha value is -2.19. The Bertz CT molecular complexity index is 519. The largest absolute Gasteiger partial charge is 0.351 e. The Morgan fingerprint density at radius 2 is 2.14 bits per heavy atom. The van der Waals surface area contributed by atoms with E-state index in [9.17, 15) is 14.9 Å². The van der Waals surface area contributed by atoms with Crippen LogP contribution < -0.4 is 16.6 Å². The molecule has 0 heterocycles. The van der Waals surface area contributed by atoms with E-state index >= 15 is 0 Å². The Kier molecular flexibility index (Phi) is 6.07. The minimum Gasteiger partial charge on any atom is -0.351 e. The number of nitrogens with two attached hydrogens (primary N) is 1. The quantitative estimate of drug-likeness (QED) is 0.392. The lowest BCUT2D eigenvalue weighted by atomic mass is 10.1. The van der Waals surface area contributed by atoms with E-state index in [1.165, 1.54) is 18.2 Å². The predicted molar refractivity (Wildman–Crippen MR) is 81.0 cm³/mol. The van der Waals surface area contributed by atoms with E-state index in [1.54, 1.807) is 0 Å². The summed E-state index contributed by atoms with van der Waals surface area (Å²) in [4.78, 5) is 24.3. The van der Waals surface area contributed by atoms with Crippen molar-refractivity contribution in [3.8, 4) is 0 Å². The third-order valence-electron chi connectivity index (χ3n) is 3.24. The van der Waals surface area contributed by atoms with Crippen molar-refractivity contribution in [3.05, 3.63) is 33.9 Å². The standard InChI is InChI=1S/C13H21N5O3/c1-9(2)17(3)7-6-15-13(19)10-4-5-12(18(20)21)11(8-10)16-14/h4-5,8-9,16H,6-7,14H2,1-3H3,(H,15,19). The summed E-state index contributed by atoms with van der Waals surface area (Å²) in [7, 11) is 1.97. The monoisotopic (exact) mass is 295 g/mol. The maximum atomic E-state index is 12.0. The molecule has 0 fully saturated rings. The lowest BCUT2D eigenvalue weighted by Gasteiger charge is -2.20. The number of likely N-dealkylation sites (N-methyl/N-ethyl adjacent to an activating group) is 1. The van der Waals surface area contributed by atoms with Crippen molar-refractivity contribution in [2.45, 2.75) is 19.9 Å². The number of nitrogen functional groups attached to an aromatic ring is 1. The lowest BCUT2D eigenvalue weighted by Crippen LogP contribution is -2.36. The van der Waals surface area contributed by atoms with Gasteiger partial charge in [-0.15, -0.1) is 0 Å². The van der Waals surface area contributed by atoms with Gasteiger partial charge in [-0.2, -0.15) is 0 Å². The zero-order valence-electron chi connectivity index (χ0n) is 12.4. The van der Waals surface area contributed by atoms with Gasteiger partial charge >= 0.3 is 0 Å². The second kappa shape index (κ2) is 7.55. The average Bonchev–Trinajstić information content (AvgIpc) is 2.45. The van der Waals surface area contributed by atoms with Crippen LogP contribution in [0, 0.1) is 10.1 Å². The van der Waals surface area contributed by atoms with Gasteiger partial charge in [-0.3, -0.25) is 20.8 Å². The number of nitro groups is 1. The van der Waals surface area contributed by atoms with E-state index in [0.717, 1.165) is 6.54 Å². The van der Waals surface area contributed by atoms with Crippen LogP contribution in [0.15, 0.2) is 18.2 Å². The molecular weight excluding hydrogens is 274 g/mol. The fourth-order valence-electron chi connectivity index (χ4n) is 1.66. The highest BCUT2D eigenvalue weighted by Gasteiger charge is 2.16. The molecule has 0 saturated heterocycles. The molecule has 0 radical (unpaired) electrons. The van der Waals surface area contributed by atoms with E-state index in [4.69, 9.17) is 5.84 Å². The molecule has 0 aliphatic heterocycles. The second-order valence-corrected chi connectivity index (χ2v) is 4.96. The SMILES string of the molecule is CC(C)N(C)CCNC(=O)c1ccc([N+](=O)[O-])c(NN)c1. The molecule has 0 aromatic heterocycles. The maximum absolute atomic E-state index is 12.0. The third-order valence-corrected chi connectivity index (χ3v) is 3.24. The van der Waals surface area contributed by atoms with Crippen LogP contribution in [0.25, 0.3) is 0 Å². The molecule has 1 aromatic rings. The van der Waals surface area contributed by atoms with Gasteiger partial charge in [0.2, 0.25) is 0 Å². The van der Waals surface area contributed by atoms with E-state index in [2.05, 4.69) is 29.5 Å². The lowest BCUT2D eigenvalue weighted by molar-refractivity contribution is -0.384. The van der Waals surface area contributed by atoms with Gasteiger partial charge in [0.05, 0.1) is 4.92 Å². The number of hydrazine groups is 1. The average molecular weight is 295 g/mol. The molecule has 116 valence electrons. The van der Waals surface area contributed by atoms with Crippen molar-refractivity contribution in [3.63, 3.8) is 0 Å². The number of nitro benzene ring substituents is 1. The van der Waals surface area contributed by atoms with E-state index < -0.39 is 4.92 Å². The fourth-order valence-corrected chi connectivity index (χ4v) is 1.66. The predicted octanol–water partition coefficient (Wildman–Crippen LogP) is 0.950. The summed E-state index contributed by atoms with van der Waals surface area (Å²) in [6.07, 6.45) is 0. The van der Waals surface area contributed by atoms with Gasteiger partial charge in [0.15, 0.2) is 0 Å². The van der Waals surface area contributed by atoms with Crippen molar-refractivity contribution >= 4 is 17.3 Å². The maximum Gasteiger partial charge on any atom is 0.293 e. The fraction of sp³-hybridized carbons (Fsp3) is 0.462. The molecule has 0 aliphatic carbocycles. The summed E-state index contributed by atoms with van der Waals surface area (Å²) < 4.78 is 0. The molecule has 1 amide bonds. The first-order valence-electron chi connectivity index (χ1n) is 6.60. The number of carbonyl (C=O) groups is 1. The van der Waals surface area contributed by atoms with Crippen molar-refractivity contribution < 1.29 is 9.72 Å². The number of hydrogen-bond donors (Lipinski definition) is 3. The Morgan fingerprint density at radius 3 is 2.67 bits per heavy atom. The Morgan fingerprint density at radius 1 is 1.48 bits per heavy atom. The molecular formula is C13H21N5O3. The van der Waals surface area contributed by atoms with Gasteiger partial charge in [0.1, 0.15) is 5.69 Å². The van der Waals surface area contributed by atoms with Crippen LogP contribution >= 0.6 is 0 Å². The summed E-state index contributed by atoms with van der Waals surface area (Å²) in [5.74, 6) is 4.94. The molecule has 0 atom stereocenters. The van der Waals surface area contributed by atoms with Gasteiger partial charge in [-0.1, -0.05) is 0 Å². The molecule has 0 unspecified atom stereocenters. The van der Waals surface area contributed by atoms with Crippen LogP contribution in [0.1, 0.15) is 24.2 Å². The third kappa shape index (κ3) is 4.69. The molecule has 0 spiro atoms. The summed E-state index contributed by atoms with van der Waals surface area (Å²) >= 11 is 0. The zero-order chi connectivity index (χ0) is 16.0. The number of benzene rings is 1. The number of carbonyl (C=O) groups excluding carboxylic acids is 1. The summed E-state index contributed by atoms with van der Waals surface area (Å²) in [5.41, 5.74) is 2.48. The molecule has 1 aromatic carbocycles. The van der Waals surface area contributed by atoms with Crippen molar-refractivity contribution in [2.24, 2.45) is 5.84 Å². The Labute approximate surface area is 123 Å². The van der Waals surface area contributed by atoms with Crippen LogP contribution in [0.5, 0.6) is 0 Å². The van der Waals surface area contributed by atoms with Crippen molar-refractivity contribution in [1.29, 1.82) is 0 Å². The molecule has 0 bridgehead atoms. The molecule has 8 heteroatoms. The first kappa shape index (κ1) is 16.9. The number of hydrogen-bond acceptors (Lipinski definition) is 6. The van der Waals surface area contributed by atoms with Crippen LogP contribution in [0.3, 0.4) is 0 Å². The summed E-state index contributed by atoms with van der Waals surface area (Å²) in [5, 5.41) is 13.5. The smallest absolute Gasteiger partial charge is 0.293 e. The number of nitrogens with one attached hydrogen (secondary N) is 2. The van der Waals surface area contributed by atoms with Gasteiger partial charge in [0.25, 0.3) is 11.6 Å². The molecule has 8 nitrogen and oxygen atoms in total. The molecule has 4 N–H and O–H groups in total. The minimum atomic E-state index is -0.561. The zero-order valence-corrected chi connectivity index (χ0v) is 12.4. The molecule has 1 rings (SSSR count). The normalized spacial score (nSPS) is 10.8. The topological polar surface area (TPSA) is 114 Å². The summed E-state index contributed by atoms with van der Waals surface area (Å²) in [6, 6.07) is 4.42. The number of amides is 1. The van der Waals surface area contributed by atoms with Crippen molar-refractivity contribution in [1.82, 2.24) is 10.2 Å². The number of anilines is 1. The number of nitrogens with zero attached hydrogens (tertiary/aromatic N) is 2. The van der Waals surface area contributed by atoms with Crippen LogP contribution in [0.2, 0.25) is 0 Å². The second-order valence-electron chi connectivity index (χ2n) is 4.96. The highest BCUT2D eigenvalue weighted by Crippen LogP contribution is 2.24. The van der Waals surface area contributed by atoms with E-state index in [1.807, 2.05) is 7.05 Å². The van der Waals surface area contributed by atoms with E-state index in [0.29, 0.717) is 18.2 Å². The van der Waals surface area contributed by atoms with Crippen LogP contribution in [-0.4, -0.2) is 41.9 Å². The highest BCUT2D eigenvalue weighted by atomic mass is 16.6. The van der Waals surface area contributed by atoms with Gasteiger partial charge in [0, 0.05) is 30.8 Å². The van der Waals surface area contributed by atoms with E-state index in [-0.39, 0.29) is 17.3 Å². The Balaban J connectivity index is 2.69. The minimum absolute atomic E-state index is 0.104. The van der Waals surface area contributed by atoms with Crippen LogP contribution in [-0.2, 0) is 0 Å².